The summed E-state index contributed by atoms with van der Waals surface area (Å²) in [5.74, 6) is -0.934. The minimum atomic E-state index is -3.88. The Labute approximate surface area is 164 Å². The Morgan fingerprint density at radius 1 is 1.18 bits per heavy atom. The van der Waals surface area contributed by atoms with Gasteiger partial charge in [-0.05, 0) is 26.0 Å². The fourth-order valence-electron chi connectivity index (χ4n) is 3.26. The molecule has 1 aromatic carbocycles. The highest BCUT2D eigenvalue weighted by Gasteiger charge is 2.31. The van der Waals surface area contributed by atoms with E-state index in [1.165, 1.54) is 22.5 Å². The molecule has 1 aliphatic rings. The third kappa shape index (κ3) is 4.08. The molecule has 0 aliphatic carbocycles. The van der Waals surface area contributed by atoms with E-state index in [1.54, 1.807) is 4.68 Å². The maximum Gasteiger partial charge on any atom is 0.246 e. The molecule has 152 valence electrons. The van der Waals surface area contributed by atoms with E-state index >= 15 is 0 Å². The Morgan fingerprint density at radius 2 is 1.82 bits per heavy atom. The van der Waals surface area contributed by atoms with Crippen molar-refractivity contribution in [1.82, 2.24) is 19.0 Å². The van der Waals surface area contributed by atoms with Crippen LogP contribution in [0.2, 0.25) is 0 Å². The van der Waals surface area contributed by atoms with Crippen LogP contribution in [-0.4, -0.2) is 66.0 Å². The van der Waals surface area contributed by atoms with Crippen molar-refractivity contribution in [2.24, 2.45) is 7.05 Å². The van der Waals surface area contributed by atoms with Crippen LogP contribution in [0, 0.1) is 19.7 Å². The van der Waals surface area contributed by atoms with Crippen molar-refractivity contribution in [1.29, 1.82) is 0 Å². The zero-order chi connectivity index (χ0) is 20.5. The van der Waals surface area contributed by atoms with Crippen LogP contribution in [0.3, 0.4) is 0 Å². The number of anilines is 1. The number of piperazine rings is 1. The number of amides is 1. The zero-order valence-corrected chi connectivity index (χ0v) is 17.0. The van der Waals surface area contributed by atoms with Crippen molar-refractivity contribution >= 4 is 21.6 Å². The third-order valence-electron chi connectivity index (χ3n) is 4.93. The number of aryl methyl sites for hydroxylation is 2. The van der Waals surface area contributed by atoms with Crippen molar-refractivity contribution in [2.45, 2.75) is 18.7 Å². The predicted molar refractivity (Wildman–Crippen MR) is 103 cm³/mol. The van der Waals surface area contributed by atoms with Crippen LogP contribution >= 0.6 is 0 Å². The number of carbonyl (C=O) groups is 1. The summed E-state index contributed by atoms with van der Waals surface area (Å²) in [4.78, 5) is 13.9. The normalized spacial score (nSPS) is 16.3. The molecule has 1 aromatic heterocycles. The number of carbonyl (C=O) groups excluding carboxylic acids is 1. The van der Waals surface area contributed by atoms with Crippen molar-refractivity contribution in [3.8, 4) is 0 Å². The minimum absolute atomic E-state index is 0.154. The van der Waals surface area contributed by atoms with E-state index in [9.17, 15) is 17.6 Å². The molecule has 1 N–H and O–H groups in total. The number of hydrogen-bond donors (Lipinski definition) is 1. The Kier molecular flexibility index (Phi) is 5.82. The second-order valence-electron chi connectivity index (χ2n) is 6.83. The largest absolute Gasteiger partial charge is 0.322 e. The van der Waals surface area contributed by atoms with Gasteiger partial charge in [0.1, 0.15) is 10.7 Å². The SMILES string of the molecule is Cc1nn(C)c(C)c1NC(=O)CN1CCN(S(=O)(=O)c2ccccc2F)CC1. The van der Waals surface area contributed by atoms with Gasteiger partial charge >= 0.3 is 0 Å². The van der Waals surface area contributed by atoms with Crippen LogP contribution in [0.25, 0.3) is 0 Å². The summed E-state index contributed by atoms with van der Waals surface area (Å²) in [5.41, 5.74) is 2.31. The highest BCUT2D eigenvalue weighted by atomic mass is 32.2. The molecule has 0 radical (unpaired) electrons. The van der Waals surface area contributed by atoms with Crippen LogP contribution in [-0.2, 0) is 21.9 Å². The summed E-state index contributed by atoms with van der Waals surface area (Å²) in [7, 11) is -2.07. The summed E-state index contributed by atoms with van der Waals surface area (Å²) in [6, 6.07) is 5.36. The Hall–Kier alpha value is -2.30. The average Bonchev–Trinajstić information content (AvgIpc) is 2.88. The van der Waals surface area contributed by atoms with Gasteiger partial charge in [0, 0.05) is 33.2 Å². The lowest BCUT2D eigenvalue weighted by Gasteiger charge is -2.33. The van der Waals surface area contributed by atoms with Crippen LogP contribution in [0.1, 0.15) is 11.4 Å². The molecule has 2 aromatic rings. The highest BCUT2D eigenvalue weighted by molar-refractivity contribution is 7.89. The summed E-state index contributed by atoms with van der Waals surface area (Å²) in [6.45, 7) is 5.06. The smallest absolute Gasteiger partial charge is 0.246 e. The van der Waals surface area contributed by atoms with Crippen molar-refractivity contribution in [3.05, 3.63) is 41.5 Å². The van der Waals surface area contributed by atoms with E-state index in [-0.39, 0.29) is 30.4 Å². The van der Waals surface area contributed by atoms with Crippen LogP contribution < -0.4 is 5.32 Å². The first-order valence-corrected chi connectivity index (χ1v) is 10.4. The van der Waals surface area contributed by atoms with E-state index in [4.69, 9.17) is 0 Å². The van der Waals surface area contributed by atoms with Gasteiger partial charge in [0.25, 0.3) is 0 Å². The van der Waals surface area contributed by atoms with Gasteiger partial charge in [0.05, 0.1) is 23.6 Å². The first-order chi connectivity index (χ1) is 13.2. The quantitative estimate of drug-likeness (QED) is 0.800. The lowest BCUT2D eigenvalue weighted by Crippen LogP contribution is -2.50. The maximum absolute atomic E-state index is 13.9. The molecule has 0 unspecified atom stereocenters. The molecule has 0 bridgehead atoms. The number of hydrogen-bond acceptors (Lipinski definition) is 5. The van der Waals surface area contributed by atoms with Gasteiger partial charge in [-0.2, -0.15) is 9.40 Å². The molecule has 0 atom stereocenters. The lowest BCUT2D eigenvalue weighted by molar-refractivity contribution is -0.117. The molecule has 8 nitrogen and oxygen atoms in total. The molecular weight excluding hydrogens is 385 g/mol. The number of nitrogens with one attached hydrogen (secondary N) is 1. The Morgan fingerprint density at radius 3 is 2.39 bits per heavy atom. The second-order valence-corrected chi connectivity index (χ2v) is 8.73. The van der Waals surface area contributed by atoms with E-state index in [0.717, 1.165) is 17.5 Å². The third-order valence-corrected chi connectivity index (χ3v) is 6.86. The minimum Gasteiger partial charge on any atom is -0.322 e. The van der Waals surface area contributed by atoms with Crippen molar-refractivity contribution in [2.75, 3.05) is 38.0 Å². The van der Waals surface area contributed by atoms with Gasteiger partial charge in [-0.15, -0.1) is 0 Å². The van der Waals surface area contributed by atoms with Gasteiger partial charge < -0.3 is 5.32 Å². The van der Waals surface area contributed by atoms with Gasteiger partial charge in [-0.25, -0.2) is 12.8 Å². The fourth-order valence-corrected chi connectivity index (χ4v) is 4.74. The maximum atomic E-state index is 13.9. The predicted octanol–water partition coefficient (Wildman–Crippen LogP) is 1.12. The number of rotatable bonds is 5. The van der Waals surface area contributed by atoms with E-state index in [0.29, 0.717) is 18.8 Å². The summed E-state index contributed by atoms with van der Waals surface area (Å²) in [5, 5.41) is 7.14. The van der Waals surface area contributed by atoms with Gasteiger partial charge in [-0.1, -0.05) is 12.1 Å². The van der Waals surface area contributed by atoms with Gasteiger partial charge in [0.2, 0.25) is 15.9 Å². The molecule has 2 heterocycles. The molecular formula is C18H24FN5O3S. The van der Waals surface area contributed by atoms with E-state index in [2.05, 4.69) is 10.4 Å². The molecule has 0 spiro atoms. The molecule has 0 saturated carbocycles. The van der Waals surface area contributed by atoms with E-state index in [1.807, 2.05) is 25.8 Å². The average molecular weight is 409 g/mol. The standard InChI is InChI=1S/C18H24FN5O3S/c1-13-18(14(2)22(3)21-13)20-17(25)12-23-8-10-24(11-9-23)28(26,27)16-7-5-4-6-15(16)19/h4-7H,8-12H2,1-3H3,(H,20,25). The van der Waals surface area contributed by atoms with Crippen LogP contribution in [0.4, 0.5) is 10.1 Å². The number of sulfonamides is 1. The Balaban J connectivity index is 1.58. The van der Waals surface area contributed by atoms with Crippen molar-refractivity contribution in [3.63, 3.8) is 0 Å². The fraction of sp³-hybridized carbons (Fsp3) is 0.444. The topological polar surface area (TPSA) is 87.5 Å². The molecule has 1 fully saturated rings. The number of nitrogens with zero attached hydrogens (tertiary/aromatic N) is 4. The molecule has 1 saturated heterocycles. The summed E-state index contributed by atoms with van der Waals surface area (Å²) >= 11 is 0. The molecule has 3 rings (SSSR count). The monoisotopic (exact) mass is 409 g/mol. The first kappa shape index (κ1) is 20.4. The molecule has 1 aliphatic heterocycles. The summed E-state index contributed by atoms with van der Waals surface area (Å²) < 4.78 is 42.1. The second kappa shape index (κ2) is 7.98. The summed E-state index contributed by atoms with van der Waals surface area (Å²) in [6.07, 6.45) is 0. The first-order valence-electron chi connectivity index (χ1n) is 8.97. The van der Waals surface area contributed by atoms with E-state index < -0.39 is 15.8 Å². The number of benzene rings is 1. The number of aromatic nitrogens is 2. The van der Waals surface area contributed by atoms with Gasteiger partial charge in [0.15, 0.2) is 0 Å². The zero-order valence-electron chi connectivity index (χ0n) is 16.1. The number of halogens is 1. The molecule has 1 amide bonds. The Bertz CT molecular complexity index is 981. The lowest BCUT2D eigenvalue weighted by atomic mass is 10.3. The van der Waals surface area contributed by atoms with Crippen LogP contribution in [0.15, 0.2) is 29.2 Å². The highest BCUT2D eigenvalue weighted by Crippen LogP contribution is 2.21. The van der Waals surface area contributed by atoms with Crippen LogP contribution in [0.5, 0.6) is 0 Å². The van der Waals surface area contributed by atoms with Gasteiger partial charge in [-0.3, -0.25) is 14.4 Å². The molecule has 10 heteroatoms. The van der Waals surface area contributed by atoms with Crippen molar-refractivity contribution < 1.29 is 17.6 Å². The molecule has 28 heavy (non-hydrogen) atoms.